The number of hydrogen-bond donors (Lipinski definition) is 5. The van der Waals surface area contributed by atoms with Crippen LogP contribution in [0.2, 0.25) is 0 Å². The number of hydrogen-bond acceptors (Lipinski definition) is 5. The fraction of sp³-hybridized carbons (Fsp3) is 0.0588. The van der Waals surface area contributed by atoms with Gasteiger partial charge in [0.25, 0.3) is 23.6 Å². The van der Waals surface area contributed by atoms with Crippen LogP contribution in [-0.2, 0) is 14.1 Å². The van der Waals surface area contributed by atoms with E-state index in [-0.39, 0.29) is 41.0 Å². The lowest BCUT2D eigenvalue weighted by atomic mass is 10.1. The van der Waals surface area contributed by atoms with Gasteiger partial charge in [0.1, 0.15) is 14.1 Å². The quantitative estimate of drug-likeness (QED) is 0.127. The minimum atomic E-state index is -0.466. The third-order valence-corrected chi connectivity index (χ3v) is 6.84. The Morgan fingerprint density at radius 3 is 1.20 bits per heavy atom. The molecular formula is C34H32ClN7O4+2. The molecule has 12 heteroatoms. The molecule has 0 atom stereocenters. The Hall–Kier alpha value is -6.07. The van der Waals surface area contributed by atoms with Gasteiger partial charge in [-0.1, -0.05) is 0 Å². The molecule has 0 aliphatic heterocycles. The SMILES string of the molecule is C[n+]1ccc(NC(=O)c2ccc(NC(=O)c3ccc(C(=O)Nc4ccc(C(=O)Nc5cc[n+](C)cc5)cc4)c(N)c3)cc2)cc1.Cl. The van der Waals surface area contributed by atoms with Crippen molar-refractivity contribution in [2.75, 3.05) is 27.0 Å². The van der Waals surface area contributed by atoms with E-state index in [2.05, 4.69) is 21.3 Å². The summed E-state index contributed by atoms with van der Waals surface area (Å²) in [5, 5.41) is 11.2. The van der Waals surface area contributed by atoms with Gasteiger partial charge in [-0.15, -0.1) is 12.4 Å². The molecule has 0 fully saturated rings. The number of aromatic nitrogens is 2. The average molecular weight is 638 g/mol. The van der Waals surface area contributed by atoms with Gasteiger partial charge in [0.2, 0.25) is 0 Å². The van der Waals surface area contributed by atoms with Crippen LogP contribution in [0.25, 0.3) is 0 Å². The first kappa shape index (κ1) is 32.8. The van der Waals surface area contributed by atoms with E-state index in [9.17, 15) is 19.2 Å². The third-order valence-electron chi connectivity index (χ3n) is 6.84. The smallest absolute Gasteiger partial charge is 0.257 e. The van der Waals surface area contributed by atoms with Gasteiger partial charge in [-0.25, -0.2) is 9.13 Å². The van der Waals surface area contributed by atoms with Gasteiger partial charge < -0.3 is 27.0 Å². The fourth-order valence-electron chi connectivity index (χ4n) is 4.30. The maximum absolute atomic E-state index is 12.9. The number of nitrogen functional groups attached to an aromatic ring is 1. The van der Waals surface area contributed by atoms with E-state index >= 15 is 0 Å². The van der Waals surface area contributed by atoms with E-state index in [1.165, 1.54) is 18.2 Å². The van der Waals surface area contributed by atoms with Gasteiger partial charge in [-0.3, -0.25) is 19.2 Å². The summed E-state index contributed by atoms with van der Waals surface area (Å²) in [6.45, 7) is 0. The van der Waals surface area contributed by atoms with Crippen molar-refractivity contribution in [1.29, 1.82) is 0 Å². The minimum absolute atomic E-state index is 0. The van der Waals surface area contributed by atoms with Gasteiger partial charge in [-0.2, -0.15) is 0 Å². The second kappa shape index (κ2) is 14.6. The zero-order valence-electron chi connectivity index (χ0n) is 25.0. The van der Waals surface area contributed by atoms with Crippen molar-refractivity contribution in [1.82, 2.24) is 0 Å². The largest absolute Gasteiger partial charge is 0.398 e. The highest BCUT2D eigenvalue weighted by Crippen LogP contribution is 2.20. The average Bonchev–Trinajstić information content (AvgIpc) is 3.03. The summed E-state index contributed by atoms with van der Waals surface area (Å²) in [5.74, 6) is -1.45. The van der Waals surface area contributed by atoms with Crippen LogP contribution in [0.4, 0.5) is 28.4 Å². The molecule has 232 valence electrons. The van der Waals surface area contributed by atoms with Crippen LogP contribution in [0.1, 0.15) is 41.4 Å². The molecule has 0 spiro atoms. The molecule has 0 aliphatic carbocycles. The van der Waals surface area contributed by atoms with Crippen LogP contribution >= 0.6 is 12.4 Å². The molecule has 11 nitrogen and oxygen atoms in total. The first-order valence-corrected chi connectivity index (χ1v) is 13.9. The Labute approximate surface area is 271 Å². The lowest BCUT2D eigenvalue weighted by molar-refractivity contribution is -0.671. The molecule has 2 aromatic heterocycles. The number of aryl methyl sites for hydroxylation is 2. The number of amides is 4. The Morgan fingerprint density at radius 1 is 0.478 bits per heavy atom. The number of nitrogens with zero attached hydrogens (tertiary/aromatic N) is 2. The molecule has 0 saturated heterocycles. The van der Waals surface area contributed by atoms with Gasteiger partial charge >= 0.3 is 0 Å². The van der Waals surface area contributed by atoms with Crippen LogP contribution in [0.5, 0.6) is 0 Å². The molecule has 0 radical (unpaired) electrons. The first-order valence-electron chi connectivity index (χ1n) is 13.9. The van der Waals surface area contributed by atoms with E-state index in [1.807, 2.05) is 48.0 Å². The van der Waals surface area contributed by atoms with Crippen LogP contribution in [0.3, 0.4) is 0 Å². The monoisotopic (exact) mass is 637 g/mol. The zero-order chi connectivity index (χ0) is 31.9. The second-order valence-electron chi connectivity index (χ2n) is 10.3. The van der Waals surface area contributed by atoms with Gasteiger partial charge in [0.05, 0.1) is 16.9 Å². The van der Waals surface area contributed by atoms with Crippen molar-refractivity contribution in [2.24, 2.45) is 14.1 Å². The summed E-state index contributed by atoms with van der Waals surface area (Å²) in [6, 6.07) is 24.5. The molecule has 6 N–H and O–H groups in total. The van der Waals surface area contributed by atoms with E-state index in [1.54, 1.807) is 72.8 Å². The molecule has 0 unspecified atom stereocenters. The lowest BCUT2D eigenvalue weighted by Gasteiger charge is -2.11. The molecule has 2 heterocycles. The number of nitrogens with one attached hydrogen (secondary N) is 4. The molecule has 5 aromatic rings. The molecular weight excluding hydrogens is 606 g/mol. The summed E-state index contributed by atoms with van der Waals surface area (Å²) < 4.78 is 3.72. The van der Waals surface area contributed by atoms with Crippen LogP contribution in [0, 0.1) is 0 Å². The normalized spacial score (nSPS) is 10.2. The number of nitrogens with two attached hydrogens (primary N) is 1. The Morgan fingerprint density at radius 2 is 0.804 bits per heavy atom. The Kier molecular flexibility index (Phi) is 10.4. The second-order valence-corrected chi connectivity index (χ2v) is 10.3. The van der Waals surface area contributed by atoms with Gasteiger partial charge in [0.15, 0.2) is 24.8 Å². The van der Waals surface area contributed by atoms with E-state index in [4.69, 9.17) is 5.73 Å². The van der Waals surface area contributed by atoms with E-state index in [0.717, 1.165) is 0 Å². The maximum atomic E-state index is 12.9. The molecule has 0 bridgehead atoms. The van der Waals surface area contributed by atoms with Gasteiger partial charge in [0, 0.05) is 58.0 Å². The van der Waals surface area contributed by atoms with Crippen LogP contribution in [0.15, 0.2) is 116 Å². The summed E-state index contributed by atoms with van der Waals surface area (Å²) in [4.78, 5) is 50.8. The number of halogens is 1. The fourth-order valence-corrected chi connectivity index (χ4v) is 4.30. The predicted molar refractivity (Wildman–Crippen MR) is 178 cm³/mol. The number of anilines is 5. The first-order chi connectivity index (χ1) is 21.6. The summed E-state index contributed by atoms with van der Waals surface area (Å²) in [7, 11) is 3.77. The zero-order valence-corrected chi connectivity index (χ0v) is 25.8. The molecule has 3 aromatic carbocycles. The molecule has 0 aliphatic rings. The van der Waals surface area contributed by atoms with Crippen molar-refractivity contribution in [3.63, 3.8) is 0 Å². The highest BCUT2D eigenvalue weighted by atomic mass is 35.5. The summed E-state index contributed by atoms with van der Waals surface area (Å²) >= 11 is 0. The number of benzene rings is 3. The lowest BCUT2D eigenvalue weighted by Crippen LogP contribution is -2.26. The number of carbonyl (C=O) groups is 4. The maximum Gasteiger partial charge on any atom is 0.257 e. The third kappa shape index (κ3) is 8.30. The number of carbonyl (C=O) groups excluding carboxylic acids is 4. The number of pyridine rings is 2. The van der Waals surface area contributed by atoms with Crippen LogP contribution < -0.4 is 36.1 Å². The van der Waals surface area contributed by atoms with Crippen molar-refractivity contribution in [3.8, 4) is 0 Å². The molecule has 0 saturated carbocycles. The summed E-state index contributed by atoms with van der Waals surface area (Å²) in [6.07, 6.45) is 7.31. The van der Waals surface area contributed by atoms with E-state index in [0.29, 0.717) is 33.9 Å². The highest BCUT2D eigenvalue weighted by Gasteiger charge is 2.15. The van der Waals surface area contributed by atoms with Crippen molar-refractivity contribution in [3.05, 3.63) is 138 Å². The highest BCUT2D eigenvalue weighted by molar-refractivity contribution is 6.11. The summed E-state index contributed by atoms with van der Waals surface area (Å²) in [5.41, 5.74) is 9.85. The molecule has 46 heavy (non-hydrogen) atoms. The Balaban J connectivity index is 0.00000480. The predicted octanol–water partition coefficient (Wildman–Crippen LogP) is 4.35. The van der Waals surface area contributed by atoms with Gasteiger partial charge in [-0.05, 0) is 66.7 Å². The van der Waals surface area contributed by atoms with Crippen molar-refractivity contribution in [2.45, 2.75) is 0 Å². The molecule has 5 rings (SSSR count). The Bertz CT molecular complexity index is 1880. The molecule has 4 amide bonds. The van der Waals surface area contributed by atoms with Crippen LogP contribution in [-0.4, -0.2) is 23.6 Å². The topological polar surface area (TPSA) is 150 Å². The van der Waals surface area contributed by atoms with Crippen molar-refractivity contribution < 1.29 is 28.3 Å². The van der Waals surface area contributed by atoms with Crippen molar-refractivity contribution >= 4 is 64.5 Å². The van der Waals surface area contributed by atoms with E-state index < -0.39 is 11.8 Å². The minimum Gasteiger partial charge on any atom is -0.398 e. The number of rotatable bonds is 8. The standard InChI is InChI=1S/C34H29N7O4.ClH/c1-40-17-13-27(14-18-40)37-31(42)22-3-8-25(9-4-22)36-33(44)24-7-12-29(30(35)21-24)34(45)39-26-10-5-23(6-11-26)32(43)38-28-15-19-41(2)20-16-28;/h3-21H,1-2H3,(H4,35,36,39,42,43,44,45);1H/p+2.